The number of nitrogens with two attached hydrogens (primary N) is 1. The Morgan fingerprint density at radius 2 is 1.96 bits per heavy atom. The number of fused-ring (bicyclic) bond motifs is 2. The van der Waals surface area contributed by atoms with E-state index in [1.807, 2.05) is 58.8 Å². The van der Waals surface area contributed by atoms with Gasteiger partial charge in [0.25, 0.3) is 0 Å². The zero-order chi connectivity index (χ0) is 18.4. The molecule has 2 heterocycles. The third kappa shape index (κ3) is 2.69. The van der Waals surface area contributed by atoms with Gasteiger partial charge in [-0.2, -0.15) is 0 Å². The topological polar surface area (TPSA) is 70.7 Å². The molecule has 1 aromatic heterocycles. The third-order valence-electron chi connectivity index (χ3n) is 5.18. The SMILES string of the molecule is NC1=c2ccsc2=NCN1c1ccc(NC(=O)C2Cc3ccccc32)cc1. The Morgan fingerprint density at radius 1 is 1.15 bits per heavy atom. The maximum absolute atomic E-state index is 12.5. The highest BCUT2D eigenvalue weighted by molar-refractivity contribution is 7.07. The predicted molar refractivity (Wildman–Crippen MR) is 108 cm³/mol. The van der Waals surface area contributed by atoms with E-state index < -0.39 is 0 Å². The zero-order valence-corrected chi connectivity index (χ0v) is 15.4. The largest absolute Gasteiger partial charge is 0.384 e. The molecule has 2 aliphatic rings. The van der Waals surface area contributed by atoms with E-state index in [0.717, 1.165) is 33.2 Å². The van der Waals surface area contributed by atoms with Crippen LogP contribution in [0.4, 0.5) is 11.4 Å². The first-order valence-corrected chi connectivity index (χ1v) is 9.73. The monoisotopic (exact) mass is 374 g/mol. The van der Waals surface area contributed by atoms with E-state index in [4.69, 9.17) is 5.73 Å². The molecule has 5 rings (SSSR count). The average Bonchev–Trinajstić information content (AvgIpc) is 3.14. The fourth-order valence-corrected chi connectivity index (χ4v) is 4.41. The first-order valence-electron chi connectivity index (χ1n) is 8.85. The van der Waals surface area contributed by atoms with Gasteiger partial charge in [-0.15, -0.1) is 11.3 Å². The van der Waals surface area contributed by atoms with Gasteiger partial charge in [-0.05, 0) is 53.3 Å². The van der Waals surface area contributed by atoms with Crippen molar-refractivity contribution in [3.05, 3.63) is 81.0 Å². The normalized spacial score (nSPS) is 17.4. The van der Waals surface area contributed by atoms with Crippen molar-refractivity contribution in [1.29, 1.82) is 0 Å². The van der Waals surface area contributed by atoms with E-state index in [2.05, 4.69) is 16.4 Å². The molecule has 0 saturated carbocycles. The van der Waals surface area contributed by atoms with Gasteiger partial charge >= 0.3 is 0 Å². The molecule has 3 N–H and O–H groups in total. The van der Waals surface area contributed by atoms with E-state index >= 15 is 0 Å². The number of rotatable bonds is 3. The van der Waals surface area contributed by atoms with E-state index in [-0.39, 0.29) is 11.8 Å². The standard InChI is InChI=1S/C21H18N4OS/c22-19-17-9-10-27-21(17)23-12-25(19)15-7-5-14(6-8-15)24-20(26)18-11-13-3-1-2-4-16(13)18/h1-10,18H,11-12,22H2,(H,24,26). The molecule has 1 aliphatic heterocycles. The number of nitrogens with zero attached hydrogens (tertiary/aromatic N) is 2. The molecule has 6 heteroatoms. The Kier molecular flexibility index (Phi) is 3.72. The number of hydrogen-bond acceptors (Lipinski definition) is 5. The molecule has 0 saturated heterocycles. The Morgan fingerprint density at radius 3 is 2.78 bits per heavy atom. The molecule has 0 fully saturated rings. The minimum absolute atomic E-state index is 0.0448. The van der Waals surface area contributed by atoms with Crippen LogP contribution in [0, 0.1) is 0 Å². The minimum Gasteiger partial charge on any atom is -0.384 e. The van der Waals surface area contributed by atoms with Crippen molar-refractivity contribution in [1.82, 2.24) is 0 Å². The molecular formula is C21H18N4OS. The van der Waals surface area contributed by atoms with E-state index in [0.29, 0.717) is 12.5 Å². The number of hydrogen-bond donors (Lipinski definition) is 2. The van der Waals surface area contributed by atoms with E-state index in [1.54, 1.807) is 11.3 Å². The van der Waals surface area contributed by atoms with Crippen molar-refractivity contribution in [3.8, 4) is 0 Å². The van der Waals surface area contributed by atoms with Crippen LogP contribution in [0.2, 0.25) is 0 Å². The molecule has 1 aliphatic carbocycles. The van der Waals surface area contributed by atoms with Crippen LogP contribution < -0.4 is 25.8 Å². The van der Waals surface area contributed by atoms with Gasteiger partial charge in [0.2, 0.25) is 5.91 Å². The van der Waals surface area contributed by atoms with Gasteiger partial charge in [-0.3, -0.25) is 9.79 Å². The lowest BCUT2D eigenvalue weighted by Gasteiger charge is -2.29. The van der Waals surface area contributed by atoms with Crippen LogP contribution in [-0.2, 0) is 11.2 Å². The third-order valence-corrected chi connectivity index (χ3v) is 6.03. The fourth-order valence-electron chi connectivity index (χ4n) is 3.64. The molecule has 1 atom stereocenters. The van der Waals surface area contributed by atoms with Gasteiger partial charge < -0.3 is 16.0 Å². The number of amides is 1. The molecule has 0 bridgehead atoms. The Labute approximate surface area is 160 Å². The summed E-state index contributed by atoms with van der Waals surface area (Å²) in [5.41, 5.74) is 10.5. The first kappa shape index (κ1) is 16.1. The van der Waals surface area contributed by atoms with Gasteiger partial charge in [-0.1, -0.05) is 24.3 Å². The smallest absolute Gasteiger partial charge is 0.232 e. The van der Waals surface area contributed by atoms with Crippen LogP contribution in [0.15, 0.2) is 65.0 Å². The Hall–Kier alpha value is -3.12. The highest BCUT2D eigenvalue weighted by Crippen LogP contribution is 2.35. The molecule has 134 valence electrons. The minimum atomic E-state index is -0.0530. The summed E-state index contributed by atoms with van der Waals surface area (Å²) in [6, 6.07) is 17.9. The van der Waals surface area contributed by atoms with E-state index in [9.17, 15) is 4.79 Å². The second-order valence-corrected chi connectivity index (χ2v) is 7.64. The van der Waals surface area contributed by atoms with Crippen molar-refractivity contribution in [2.75, 3.05) is 16.9 Å². The van der Waals surface area contributed by atoms with Crippen LogP contribution in [0.1, 0.15) is 17.0 Å². The molecule has 0 radical (unpaired) electrons. The Bertz CT molecular complexity index is 1150. The van der Waals surface area contributed by atoms with Crippen LogP contribution in [-0.4, -0.2) is 12.6 Å². The van der Waals surface area contributed by atoms with Crippen LogP contribution >= 0.6 is 11.3 Å². The number of nitrogens with one attached hydrogen (secondary N) is 1. The maximum Gasteiger partial charge on any atom is 0.232 e. The van der Waals surface area contributed by atoms with Crippen molar-refractivity contribution < 1.29 is 4.79 Å². The summed E-state index contributed by atoms with van der Waals surface area (Å²) in [7, 11) is 0. The highest BCUT2D eigenvalue weighted by Gasteiger charge is 2.31. The second-order valence-electron chi connectivity index (χ2n) is 6.74. The Balaban J connectivity index is 1.32. The van der Waals surface area contributed by atoms with Crippen molar-refractivity contribution in [2.45, 2.75) is 12.3 Å². The zero-order valence-electron chi connectivity index (χ0n) is 14.6. The lowest BCUT2D eigenvalue weighted by molar-refractivity contribution is -0.118. The van der Waals surface area contributed by atoms with Gasteiger partial charge in [-0.25, -0.2) is 0 Å². The summed E-state index contributed by atoms with van der Waals surface area (Å²) >= 11 is 1.60. The van der Waals surface area contributed by atoms with Gasteiger partial charge in [0.05, 0.1) is 11.1 Å². The first-order chi connectivity index (χ1) is 13.2. The molecule has 27 heavy (non-hydrogen) atoms. The quantitative estimate of drug-likeness (QED) is 0.738. The van der Waals surface area contributed by atoms with Crippen molar-refractivity contribution in [2.24, 2.45) is 10.7 Å². The molecule has 5 nitrogen and oxygen atoms in total. The maximum atomic E-state index is 12.5. The predicted octanol–water partition coefficient (Wildman–Crippen LogP) is 2.15. The number of anilines is 2. The summed E-state index contributed by atoms with van der Waals surface area (Å²) in [6.07, 6.45) is 0.809. The number of carbonyl (C=O) groups excluding carboxylic acids is 1. The van der Waals surface area contributed by atoms with Crippen LogP contribution in [0.25, 0.3) is 5.82 Å². The molecular weight excluding hydrogens is 356 g/mol. The highest BCUT2D eigenvalue weighted by atomic mass is 32.1. The number of benzene rings is 2. The fraction of sp³-hybridized carbons (Fsp3) is 0.143. The van der Waals surface area contributed by atoms with Crippen molar-refractivity contribution >= 4 is 34.4 Å². The second kappa shape index (κ2) is 6.25. The summed E-state index contributed by atoms with van der Waals surface area (Å²) in [5.74, 6) is 0.704. The summed E-state index contributed by atoms with van der Waals surface area (Å²) in [4.78, 5) is 19.1. The van der Waals surface area contributed by atoms with E-state index in [1.165, 1.54) is 5.56 Å². The van der Waals surface area contributed by atoms with Crippen LogP contribution in [0.5, 0.6) is 0 Å². The molecule has 1 amide bonds. The summed E-state index contributed by atoms with van der Waals surface area (Å²) in [5, 5.41) is 6.00. The lowest BCUT2D eigenvalue weighted by Crippen LogP contribution is -2.41. The molecule has 2 aromatic carbocycles. The average molecular weight is 374 g/mol. The van der Waals surface area contributed by atoms with Gasteiger partial charge in [0.1, 0.15) is 17.2 Å². The molecule has 0 spiro atoms. The number of carbonyl (C=O) groups is 1. The lowest BCUT2D eigenvalue weighted by atomic mass is 9.77. The van der Waals surface area contributed by atoms with Gasteiger partial charge in [0, 0.05) is 11.4 Å². The number of thiophene rings is 1. The summed E-state index contributed by atoms with van der Waals surface area (Å²) < 4.78 is 0.980. The molecule has 3 aromatic rings. The molecule has 1 unspecified atom stereocenters. The van der Waals surface area contributed by atoms with Crippen LogP contribution in [0.3, 0.4) is 0 Å². The van der Waals surface area contributed by atoms with Gasteiger partial charge in [0.15, 0.2) is 0 Å². The van der Waals surface area contributed by atoms with Crippen molar-refractivity contribution in [3.63, 3.8) is 0 Å². The summed E-state index contributed by atoms with van der Waals surface area (Å²) in [6.45, 7) is 0.504.